The second-order valence-corrected chi connectivity index (χ2v) is 6.63. The van der Waals surface area contributed by atoms with Crippen molar-refractivity contribution in [3.8, 4) is 5.75 Å². The first-order valence-electron chi connectivity index (χ1n) is 9.17. The number of aryl methyl sites for hydroxylation is 4. The summed E-state index contributed by atoms with van der Waals surface area (Å²) in [5, 5.41) is 11.1. The van der Waals surface area contributed by atoms with Crippen LogP contribution in [0.15, 0.2) is 35.3 Å². The molecule has 1 heterocycles. The fourth-order valence-corrected chi connectivity index (χ4v) is 2.69. The van der Waals surface area contributed by atoms with Crippen LogP contribution in [0, 0.1) is 20.8 Å². The Morgan fingerprint density at radius 1 is 1.19 bits per heavy atom. The molecule has 1 unspecified atom stereocenters. The van der Waals surface area contributed by atoms with Crippen molar-refractivity contribution in [2.24, 2.45) is 4.99 Å². The summed E-state index contributed by atoms with van der Waals surface area (Å²) in [5.74, 6) is 1.68. The van der Waals surface area contributed by atoms with Crippen molar-refractivity contribution in [2.75, 3.05) is 20.1 Å². The standard InChI is InChI=1S/C20H31N5O.HI/c1-15-7-9-19(10-8-15)26-18(4)14-23-20(21-5)22-11-6-12-25-17(3)13-16(2)24-25;/h7-10,13,18H,6,11-12,14H2,1-5H3,(H2,21,22,23);1H. The number of ether oxygens (including phenoxy) is 1. The van der Waals surface area contributed by atoms with E-state index in [1.807, 2.05) is 30.7 Å². The minimum atomic E-state index is 0. The van der Waals surface area contributed by atoms with Gasteiger partial charge >= 0.3 is 0 Å². The van der Waals surface area contributed by atoms with Crippen molar-refractivity contribution in [3.63, 3.8) is 0 Å². The molecule has 150 valence electrons. The van der Waals surface area contributed by atoms with E-state index in [4.69, 9.17) is 4.74 Å². The van der Waals surface area contributed by atoms with Gasteiger partial charge in [0.25, 0.3) is 0 Å². The Hall–Kier alpha value is -1.77. The highest BCUT2D eigenvalue weighted by Gasteiger charge is 2.06. The van der Waals surface area contributed by atoms with Crippen LogP contribution in [0.1, 0.15) is 30.3 Å². The molecule has 7 heteroatoms. The summed E-state index contributed by atoms with van der Waals surface area (Å²) in [6.07, 6.45) is 1.03. The average Bonchev–Trinajstić information content (AvgIpc) is 2.93. The van der Waals surface area contributed by atoms with Gasteiger partial charge in [0.2, 0.25) is 0 Å². The number of hydrogen-bond acceptors (Lipinski definition) is 3. The van der Waals surface area contributed by atoms with Crippen molar-refractivity contribution in [2.45, 2.75) is 46.8 Å². The molecule has 0 fully saturated rings. The first-order chi connectivity index (χ1) is 12.5. The topological polar surface area (TPSA) is 63.5 Å². The molecule has 2 N–H and O–H groups in total. The van der Waals surface area contributed by atoms with Gasteiger partial charge in [0, 0.05) is 25.8 Å². The molecule has 0 saturated heterocycles. The summed E-state index contributed by atoms with van der Waals surface area (Å²) in [7, 11) is 1.78. The number of aliphatic imine (C=N–C) groups is 1. The van der Waals surface area contributed by atoms with Crippen LogP contribution in [0.4, 0.5) is 0 Å². The van der Waals surface area contributed by atoms with Crippen molar-refractivity contribution in [3.05, 3.63) is 47.3 Å². The maximum Gasteiger partial charge on any atom is 0.191 e. The van der Waals surface area contributed by atoms with Crippen molar-refractivity contribution in [1.82, 2.24) is 20.4 Å². The summed E-state index contributed by atoms with van der Waals surface area (Å²) in [4.78, 5) is 4.26. The van der Waals surface area contributed by atoms with Crippen LogP contribution >= 0.6 is 24.0 Å². The SMILES string of the molecule is CN=C(NCCCn1nc(C)cc1C)NCC(C)Oc1ccc(C)cc1.I. The molecule has 2 aromatic rings. The van der Waals surface area contributed by atoms with E-state index in [1.165, 1.54) is 11.3 Å². The zero-order chi connectivity index (χ0) is 18.9. The zero-order valence-electron chi connectivity index (χ0n) is 17.0. The molecule has 2 rings (SSSR count). The van der Waals surface area contributed by atoms with Gasteiger partial charge in [-0.25, -0.2) is 0 Å². The fraction of sp³-hybridized carbons (Fsp3) is 0.500. The molecule has 1 aromatic heterocycles. The van der Waals surface area contributed by atoms with E-state index < -0.39 is 0 Å². The lowest BCUT2D eigenvalue weighted by atomic mass is 10.2. The lowest BCUT2D eigenvalue weighted by molar-refractivity contribution is 0.224. The van der Waals surface area contributed by atoms with Gasteiger partial charge in [0.15, 0.2) is 5.96 Å². The summed E-state index contributed by atoms with van der Waals surface area (Å²) in [6.45, 7) is 10.6. The highest BCUT2D eigenvalue weighted by atomic mass is 127. The lowest BCUT2D eigenvalue weighted by Crippen LogP contribution is -2.42. The highest BCUT2D eigenvalue weighted by Crippen LogP contribution is 2.12. The minimum absolute atomic E-state index is 0. The minimum Gasteiger partial charge on any atom is -0.489 e. The van der Waals surface area contributed by atoms with E-state index in [0.717, 1.165) is 36.9 Å². The van der Waals surface area contributed by atoms with Crippen LogP contribution in [0.2, 0.25) is 0 Å². The average molecular weight is 485 g/mol. The Bertz CT molecular complexity index is 712. The van der Waals surface area contributed by atoms with Gasteiger partial charge in [0.1, 0.15) is 11.9 Å². The second kappa shape index (κ2) is 11.8. The summed E-state index contributed by atoms with van der Waals surface area (Å²) < 4.78 is 7.95. The number of nitrogens with one attached hydrogen (secondary N) is 2. The molecule has 1 aromatic carbocycles. The molecule has 27 heavy (non-hydrogen) atoms. The molecule has 1 atom stereocenters. The third kappa shape index (κ3) is 8.19. The molecule has 0 amide bonds. The van der Waals surface area contributed by atoms with E-state index in [-0.39, 0.29) is 30.1 Å². The smallest absolute Gasteiger partial charge is 0.191 e. The molecule has 0 radical (unpaired) electrons. The molecule has 6 nitrogen and oxygen atoms in total. The number of halogens is 1. The molecule has 0 aliphatic carbocycles. The van der Waals surface area contributed by atoms with Crippen molar-refractivity contribution >= 4 is 29.9 Å². The molecular formula is C20H32IN5O. The Kier molecular flexibility index (Phi) is 10.2. The van der Waals surface area contributed by atoms with Gasteiger partial charge < -0.3 is 15.4 Å². The summed E-state index contributed by atoms with van der Waals surface area (Å²) >= 11 is 0. The maximum absolute atomic E-state index is 5.91. The second-order valence-electron chi connectivity index (χ2n) is 6.63. The third-order valence-electron chi connectivity index (χ3n) is 4.08. The lowest BCUT2D eigenvalue weighted by Gasteiger charge is -2.18. The number of nitrogens with zero attached hydrogens (tertiary/aromatic N) is 3. The number of aromatic nitrogens is 2. The van der Waals surface area contributed by atoms with Gasteiger partial charge in [-0.15, -0.1) is 24.0 Å². The predicted molar refractivity (Wildman–Crippen MR) is 122 cm³/mol. The molecule has 0 aliphatic rings. The largest absolute Gasteiger partial charge is 0.489 e. The number of benzene rings is 1. The van der Waals surface area contributed by atoms with Crippen LogP contribution in [-0.2, 0) is 6.54 Å². The van der Waals surface area contributed by atoms with Crippen molar-refractivity contribution < 1.29 is 4.74 Å². The molecule has 0 spiro atoms. The molecule has 0 saturated carbocycles. The third-order valence-corrected chi connectivity index (χ3v) is 4.08. The molecule has 0 aliphatic heterocycles. The number of rotatable bonds is 8. The Balaban J connectivity index is 0.00000364. The first-order valence-corrected chi connectivity index (χ1v) is 9.17. The van der Waals surface area contributed by atoms with Gasteiger partial charge in [-0.2, -0.15) is 5.10 Å². The van der Waals surface area contributed by atoms with Crippen LogP contribution in [0.3, 0.4) is 0 Å². The Labute approximate surface area is 179 Å². The van der Waals surface area contributed by atoms with E-state index in [9.17, 15) is 0 Å². The van der Waals surface area contributed by atoms with Crippen LogP contribution in [-0.4, -0.2) is 42.0 Å². The predicted octanol–water partition coefficient (Wildman–Crippen LogP) is 3.45. The van der Waals surface area contributed by atoms with Crippen LogP contribution < -0.4 is 15.4 Å². The normalized spacial score (nSPS) is 12.3. The summed E-state index contributed by atoms with van der Waals surface area (Å²) in [6, 6.07) is 10.2. The maximum atomic E-state index is 5.91. The van der Waals surface area contributed by atoms with E-state index >= 15 is 0 Å². The quantitative estimate of drug-likeness (QED) is 0.260. The zero-order valence-corrected chi connectivity index (χ0v) is 19.3. The Morgan fingerprint density at radius 2 is 1.89 bits per heavy atom. The Morgan fingerprint density at radius 3 is 2.48 bits per heavy atom. The molecule has 0 bridgehead atoms. The summed E-state index contributed by atoms with van der Waals surface area (Å²) in [5.41, 5.74) is 3.50. The number of guanidine groups is 1. The van der Waals surface area contributed by atoms with Gasteiger partial charge in [-0.3, -0.25) is 9.67 Å². The first kappa shape index (κ1) is 23.3. The van der Waals surface area contributed by atoms with Gasteiger partial charge in [-0.1, -0.05) is 17.7 Å². The van der Waals surface area contributed by atoms with Crippen LogP contribution in [0.5, 0.6) is 5.75 Å². The van der Waals surface area contributed by atoms with Crippen LogP contribution in [0.25, 0.3) is 0 Å². The van der Waals surface area contributed by atoms with Gasteiger partial charge in [0.05, 0.1) is 12.2 Å². The number of hydrogen-bond donors (Lipinski definition) is 2. The van der Waals surface area contributed by atoms with E-state index in [2.05, 4.69) is 52.8 Å². The monoisotopic (exact) mass is 485 g/mol. The van der Waals surface area contributed by atoms with Crippen molar-refractivity contribution in [1.29, 1.82) is 0 Å². The van der Waals surface area contributed by atoms with E-state index in [1.54, 1.807) is 7.05 Å². The highest BCUT2D eigenvalue weighted by molar-refractivity contribution is 14.0. The molecular weight excluding hydrogens is 453 g/mol. The fourth-order valence-electron chi connectivity index (χ4n) is 2.69. The van der Waals surface area contributed by atoms with Gasteiger partial charge in [-0.05, 0) is 52.3 Å². The van der Waals surface area contributed by atoms with E-state index in [0.29, 0.717) is 6.54 Å².